The number of halogens is 2. The average Bonchev–Trinajstić information content (AvgIpc) is 3.44. The summed E-state index contributed by atoms with van der Waals surface area (Å²) in [5.74, 6) is 0.0193. The Hall–Kier alpha value is -2.37. The smallest absolute Gasteiger partial charge is 0.340 e. The van der Waals surface area contributed by atoms with Gasteiger partial charge in [0, 0.05) is 19.2 Å². The number of sulfonamides is 1. The Labute approximate surface area is 187 Å². The molecule has 9 nitrogen and oxygen atoms in total. The van der Waals surface area contributed by atoms with Crippen LogP contribution in [0.2, 0.25) is 10.0 Å². The van der Waals surface area contributed by atoms with E-state index in [0.29, 0.717) is 17.2 Å². The number of nitrogens with zero attached hydrogens (tertiary/aromatic N) is 2. The van der Waals surface area contributed by atoms with Gasteiger partial charge in [-0.1, -0.05) is 28.4 Å². The number of carbonyl (C=O) groups is 1. The number of furan rings is 1. The van der Waals surface area contributed by atoms with Gasteiger partial charge in [-0.05, 0) is 24.3 Å². The Balaban J connectivity index is 1.52. The van der Waals surface area contributed by atoms with Crippen LogP contribution in [0.1, 0.15) is 16.1 Å². The van der Waals surface area contributed by atoms with Crippen molar-refractivity contribution in [3.05, 3.63) is 57.9 Å². The van der Waals surface area contributed by atoms with Crippen molar-refractivity contribution >= 4 is 39.2 Å². The van der Waals surface area contributed by atoms with Crippen LogP contribution in [0, 0.1) is 0 Å². The maximum atomic E-state index is 12.9. The second-order valence-corrected chi connectivity index (χ2v) is 9.24. The second kappa shape index (κ2) is 9.01. The number of morpholine rings is 1. The predicted molar refractivity (Wildman–Crippen MR) is 109 cm³/mol. The van der Waals surface area contributed by atoms with E-state index in [1.165, 1.54) is 16.6 Å². The van der Waals surface area contributed by atoms with Crippen molar-refractivity contribution in [3.63, 3.8) is 0 Å². The lowest BCUT2D eigenvalue weighted by Crippen LogP contribution is -2.40. The van der Waals surface area contributed by atoms with Gasteiger partial charge in [0.2, 0.25) is 15.8 Å². The highest BCUT2D eigenvalue weighted by atomic mass is 35.5. The van der Waals surface area contributed by atoms with E-state index in [-0.39, 0.29) is 53.4 Å². The van der Waals surface area contributed by atoms with Crippen LogP contribution in [-0.4, -0.2) is 50.2 Å². The van der Waals surface area contributed by atoms with E-state index >= 15 is 0 Å². The van der Waals surface area contributed by atoms with E-state index in [0.717, 1.165) is 6.07 Å². The molecule has 0 saturated carbocycles. The molecule has 0 radical (unpaired) electrons. The van der Waals surface area contributed by atoms with Gasteiger partial charge >= 0.3 is 5.97 Å². The van der Waals surface area contributed by atoms with Crippen LogP contribution in [-0.2, 0) is 26.1 Å². The number of benzene rings is 1. The molecule has 0 bridgehead atoms. The first-order valence-electron chi connectivity index (χ1n) is 9.10. The molecule has 0 spiro atoms. The molecule has 3 aromatic rings. The first kappa shape index (κ1) is 21.8. The summed E-state index contributed by atoms with van der Waals surface area (Å²) >= 11 is 12.3. The first-order valence-corrected chi connectivity index (χ1v) is 11.3. The Morgan fingerprint density at radius 1 is 1.13 bits per heavy atom. The summed E-state index contributed by atoms with van der Waals surface area (Å²) in [6.45, 7) is 0.706. The van der Waals surface area contributed by atoms with Gasteiger partial charge in [0.05, 0.1) is 35.1 Å². The van der Waals surface area contributed by atoms with Crippen molar-refractivity contribution in [1.29, 1.82) is 0 Å². The molecule has 2 aromatic heterocycles. The van der Waals surface area contributed by atoms with E-state index in [1.807, 2.05) is 0 Å². The highest BCUT2D eigenvalue weighted by molar-refractivity contribution is 7.89. The Bertz CT molecular complexity index is 1190. The zero-order chi connectivity index (χ0) is 22.0. The molecule has 1 saturated heterocycles. The summed E-state index contributed by atoms with van der Waals surface area (Å²) in [4.78, 5) is 12.4. The monoisotopic (exact) mass is 486 g/mol. The summed E-state index contributed by atoms with van der Waals surface area (Å²) in [7, 11) is -3.94. The lowest BCUT2D eigenvalue weighted by molar-refractivity contribution is 0.0464. The Morgan fingerprint density at radius 3 is 2.61 bits per heavy atom. The minimum Gasteiger partial charge on any atom is -0.461 e. The number of rotatable bonds is 6. The maximum Gasteiger partial charge on any atom is 0.340 e. The molecule has 1 aliphatic heterocycles. The summed E-state index contributed by atoms with van der Waals surface area (Å²) in [5, 5.41) is 3.69. The van der Waals surface area contributed by atoms with Crippen LogP contribution in [0.4, 0.5) is 0 Å². The highest BCUT2D eigenvalue weighted by Gasteiger charge is 2.30. The van der Waals surface area contributed by atoms with Gasteiger partial charge in [0.25, 0.3) is 0 Å². The molecule has 0 amide bonds. The van der Waals surface area contributed by atoms with Crippen molar-refractivity contribution in [2.24, 2.45) is 0 Å². The maximum absolute atomic E-state index is 12.9. The molecule has 1 fully saturated rings. The van der Waals surface area contributed by atoms with Crippen LogP contribution < -0.4 is 0 Å². The third-order valence-electron chi connectivity index (χ3n) is 4.50. The molecule has 1 aromatic carbocycles. The van der Waals surface area contributed by atoms with E-state index < -0.39 is 16.0 Å². The number of aromatic nitrogens is 1. The number of esters is 1. The number of hydrogen-bond acceptors (Lipinski definition) is 8. The van der Waals surface area contributed by atoms with Gasteiger partial charge < -0.3 is 18.4 Å². The van der Waals surface area contributed by atoms with Crippen LogP contribution in [0.15, 0.2) is 50.4 Å². The molecular weight excluding hydrogens is 471 g/mol. The van der Waals surface area contributed by atoms with Crippen molar-refractivity contribution in [1.82, 2.24) is 9.46 Å². The van der Waals surface area contributed by atoms with Gasteiger partial charge in [-0.3, -0.25) is 0 Å². The normalized spacial score (nSPS) is 15.2. The number of hydrogen-bond donors (Lipinski definition) is 0. The molecule has 1 aliphatic rings. The fourth-order valence-electron chi connectivity index (χ4n) is 2.94. The topological polar surface area (TPSA) is 112 Å². The number of ether oxygens (including phenoxy) is 2. The van der Waals surface area contributed by atoms with Gasteiger partial charge in [0.15, 0.2) is 5.76 Å². The van der Waals surface area contributed by atoms with E-state index in [1.54, 1.807) is 18.2 Å². The molecule has 31 heavy (non-hydrogen) atoms. The molecule has 0 atom stereocenters. The lowest BCUT2D eigenvalue weighted by Gasteiger charge is -2.26. The van der Waals surface area contributed by atoms with Crippen LogP contribution in [0.3, 0.4) is 0 Å². The molecule has 0 N–H and O–H groups in total. The summed E-state index contributed by atoms with van der Waals surface area (Å²) in [6, 6.07) is 7.28. The fourth-order valence-corrected chi connectivity index (χ4v) is 5.17. The van der Waals surface area contributed by atoms with Gasteiger partial charge in [-0.15, -0.1) is 0 Å². The van der Waals surface area contributed by atoms with Crippen molar-refractivity contribution < 1.29 is 31.6 Å². The summed E-state index contributed by atoms with van der Waals surface area (Å²) < 4.78 is 47.9. The van der Waals surface area contributed by atoms with Crippen LogP contribution in [0.5, 0.6) is 0 Å². The summed E-state index contributed by atoms with van der Waals surface area (Å²) in [5.41, 5.74) is 0.207. The molecule has 12 heteroatoms. The minimum atomic E-state index is -3.94. The Morgan fingerprint density at radius 2 is 1.90 bits per heavy atom. The van der Waals surface area contributed by atoms with E-state index in [2.05, 4.69) is 5.16 Å². The summed E-state index contributed by atoms with van der Waals surface area (Å²) in [6.07, 6.45) is 1.49. The SMILES string of the molecule is O=C(OCc1cc(-c2ccco2)on1)c1cc(S(=O)(=O)N2CCOCC2)c(Cl)cc1Cl. The molecule has 0 unspecified atom stereocenters. The van der Waals surface area contributed by atoms with Crippen molar-refractivity contribution in [2.45, 2.75) is 11.5 Å². The van der Waals surface area contributed by atoms with Gasteiger partial charge in [0.1, 0.15) is 17.2 Å². The van der Waals surface area contributed by atoms with E-state index in [9.17, 15) is 13.2 Å². The number of carbonyl (C=O) groups excluding carboxylic acids is 1. The zero-order valence-corrected chi connectivity index (χ0v) is 18.2. The van der Waals surface area contributed by atoms with Gasteiger partial charge in [-0.2, -0.15) is 4.31 Å². The molecule has 164 valence electrons. The van der Waals surface area contributed by atoms with E-state index in [4.69, 9.17) is 41.6 Å². The molecule has 4 rings (SSSR count). The van der Waals surface area contributed by atoms with Crippen molar-refractivity contribution in [3.8, 4) is 11.5 Å². The zero-order valence-electron chi connectivity index (χ0n) is 15.9. The molecule has 3 heterocycles. The quantitative estimate of drug-likeness (QED) is 0.485. The van der Waals surface area contributed by atoms with Crippen LogP contribution in [0.25, 0.3) is 11.5 Å². The average molecular weight is 487 g/mol. The molecular formula is C19H16Cl2N2O7S. The third-order valence-corrected chi connectivity index (χ3v) is 7.18. The standard InChI is InChI=1S/C19H16Cl2N2O7S/c20-14-10-15(21)18(31(25,26)23-3-6-27-7-4-23)9-13(14)19(24)29-11-12-8-17(30-22-12)16-2-1-5-28-16/h1-2,5,8-10H,3-4,6-7,11H2. The van der Waals surface area contributed by atoms with Crippen molar-refractivity contribution in [2.75, 3.05) is 26.3 Å². The highest BCUT2D eigenvalue weighted by Crippen LogP contribution is 2.31. The van der Waals surface area contributed by atoms with Crippen LogP contribution >= 0.6 is 23.2 Å². The second-order valence-electron chi connectivity index (χ2n) is 6.51. The lowest BCUT2D eigenvalue weighted by atomic mass is 10.2. The third kappa shape index (κ3) is 4.63. The fraction of sp³-hybridized carbons (Fsp3) is 0.263. The predicted octanol–water partition coefficient (Wildman–Crippen LogP) is 3.62. The first-order chi connectivity index (χ1) is 14.9. The minimum absolute atomic E-state index is 0.0349. The largest absolute Gasteiger partial charge is 0.461 e. The Kier molecular flexibility index (Phi) is 6.35. The molecule has 0 aliphatic carbocycles. The van der Waals surface area contributed by atoms with Gasteiger partial charge in [-0.25, -0.2) is 13.2 Å².